The van der Waals surface area contributed by atoms with Crippen molar-refractivity contribution < 1.29 is 19.1 Å². The lowest BCUT2D eigenvalue weighted by Crippen LogP contribution is -2.48. The summed E-state index contributed by atoms with van der Waals surface area (Å²) in [6, 6.07) is 11.7. The molecule has 1 unspecified atom stereocenters. The van der Waals surface area contributed by atoms with Gasteiger partial charge in [-0.05, 0) is 65.3 Å². The third kappa shape index (κ3) is 6.45. The summed E-state index contributed by atoms with van der Waals surface area (Å²) in [5.41, 5.74) is 3.75. The van der Waals surface area contributed by atoms with Crippen molar-refractivity contribution >= 4 is 40.6 Å². The number of rotatable bonds is 9. The van der Waals surface area contributed by atoms with Gasteiger partial charge in [-0.1, -0.05) is 32.0 Å². The molecule has 0 spiro atoms. The molecule has 0 radical (unpaired) electrons. The number of hydrogen-bond acceptors (Lipinski definition) is 5. The number of carbonyl (C=O) groups excluding carboxylic acids is 2. The summed E-state index contributed by atoms with van der Waals surface area (Å²) in [7, 11) is 1.57. The molecule has 2 aromatic carbocycles. The fraction of sp³-hybridized carbons (Fsp3) is 0.318. The van der Waals surface area contributed by atoms with Crippen molar-refractivity contribution in [2.45, 2.75) is 26.8 Å². The average Bonchev–Trinajstić information content (AvgIpc) is 2.73. The van der Waals surface area contributed by atoms with E-state index in [1.165, 1.54) is 6.21 Å². The first-order valence-corrected chi connectivity index (χ1v) is 10.6. The lowest BCUT2D eigenvalue weighted by Gasteiger charge is -2.20. The lowest BCUT2D eigenvalue weighted by atomic mass is 10.0. The highest BCUT2D eigenvalue weighted by atomic mass is 127. The minimum absolute atomic E-state index is 0.112. The molecule has 1 atom stereocenters. The second-order valence-corrected chi connectivity index (χ2v) is 7.92. The van der Waals surface area contributed by atoms with Gasteiger partial charge in [0.05, 0.1) is 23.5 Å². The molecule has 2 N–H and O–H groups in total. The third-order valence-electron chi connectivity index (χ3n) is 4.20. The molecule has 7 nitrogen and oxygen atoms in total. The highest BCUT2D eigenvalue weighted by molar-refractivity contribution is 14.1. The van der Waals surface area contributed by atoms with Crippen LogP contribution in [-0.2, 0) is 4.79 Å². The number of nitrogens with one attached hydrogen (secondary N) is 2. The number of methoxy groups -OCH3 is 1. The average molecular weight is 523 g/mol. The Kier molecular flexibility index (Phi) is 9.10. The fourth-order valence-electron chi connectivity index (χ4n) is 2.69. The zero-order valence-electron chi connectivity index (χ0n) is 17.4. The van der Waals surface area contributed by atoms with Gasteiger partial charge in [0.25, 0.3) is 11.8 Å². The topological polar surface area (TPSA) is 89.0 Å². The Balaban J connectivity index is 2.07. The molecule has 160 valence electrons. The van der Waals surface area contributed by atoms with Gasteiger partial charge in [0, 0.05) is 5.56 Å². The van der Waals surface area contributed by atoms with Gasteiger partial charge in [-0.3, -0.25) is 9.59 Å². The molecule has 0 fully saturated rings. The van der Waals surface area contributed by atoms with Gasteiger partial charge >= 0.3 is 0 Å². The molecule has 0 saturated carbocycles. The van der Waals surface area contributed by atoms with E-state index in [0.717, 1.165) is 9.13 Å². The first-order valence-electron chi connectivity index (χ1n) is 9.56. The van der Waals surface area contributed by atoms with E-state index in [2.05, 4.69) is 38.4 Å². The summed E-state index contributed by atoms with van der Waals surface area (Å²) in [6.45, 7) is 6.15. The molecule has 0 heterocycles. The lowest BCUT2D eigenvalue weighted by molar-refractivity contribution is -0.123. The van der Waals surface area contributed by atoms with E-state index in [0.29, 0.717) is 23.7 Å². The standard InChI is InChI=1S/C22H26IN3O4/c1-5-30-20-17(23)11-15(12-18(20)29-4)13-24-26-22(28)19(14(2)3)25-21(27)16-9-7-6-8-10-16/h6-14,19H,5H2,1-4H3,(H,25,27)(H,26,28). The van der Waals surface area contributed by atoms with Gasteiger partial charge in [-0.25, -0.2) is 5.43 Å². The summed E-state index contributed by atoms with van der Waals surface area (Å²) >= 11 is 2.16. The van der Waals surface area contributed by atoms with Crippen molar-refractivity contribution in [1.82, 2.24) is 10.7 Å². The fourth-order valence-corrected chi connectivity index (χ4v) is 3.47. The molecule has 30 heavy (non-hydrogen) atoms. The Hall–Kier alpha value is -2.62. The van der Waals surface area contributed by atoms with Crippen LogP contribution in [0, 0.1) is 9.49 Å². The maximum absolute atomic E-state index is 12.6. The summed E-state index contributed by atoms with van der Waals surface area (Å²) in [5.74, 6) is 0.453. The molecular weight excluding hydrogens is 497 g/mol. The number of carbonyl (C=O) groups is 2. The quantitative estimate of drug-likeness (QED) is 0.299. The monoisotopic (exact) mass is 523 g/mol. The van der Waals surface area contributed by atoms with Gasteiger partial charge in [0.2, 0.25) is 0 Å². The smallest absolute Gasteiger partial charge is 0.262 e. The molecule has 2 amide bonds. The van der Waals surface area contributed by atoms with Crippen molar-refractivity contribution in [1.29, 1.82) is 0 Å². The SMILES string of the molecule is CCOc1c(I)cc(C=NNC(=O)C(NC(=O)c2ccccc2)C(C)C)cc1OC. The Morgan fingerprint density at radius 2 is 1.90 bits per heavy atom. The van der Waals surface area contributed by atoms with Gasteiger partial charge in [0.15, 0.2) is 11.5 Å². The summed E-state index contributed by atoms with van der Waals surface area (Å²) in [6.07, 6.45) is 1.52. The maximum atomic E-state index is 12.6. The van der Waals surface area contributed by atoms with Crippen LogP contribution in [0.1, 0.15) is 36.7 Å². The highest BCUT2D eigenvalue weighted by Gasteiger charge is 2.24. The number of nitrogens with zero attached hydrogens (tertiary/aromatic N) is 1. The number of amides is 2. The van der Waals surface area contributed by atoms with Crippen molar-refractivity contribution in [3.8, 4) is 11.5 Å². The van der Waals surface area contributed by atoms with Crippen LogP contribution in [-0.4, -0.2) is 37.8 Å². The van der Waals surface area contributed by atoms with Crippen LogP contribution in [0.15, 0.2) is 47.6 Å². The van der Waals surface area contributed by atoms with Crippen LogP contribution in [0.5, 0.6) is 11.5 Å². The van der Waals surface area contributed by atoms with E-state index in [1.54, 1.807) is 37.4 Å². The predicted molar refractivity (Wildman–Crippen MR) is 125 cm³/mol. The predicted octanol–water partition coefficient (Wildman–Crippen LogP) is 3.60. The largest absolute Gasteiger partial charge is 0.493 e. The van der Waals surface area contributed by atoms with Crippen LogP contribution in [0.2, 0.25) is 0 Å². The van der Waals surface area contributed by atoms with Gasteiger partial charge < -0.3 is 14.8 Å². The molecule has 0 aliphatic rings. The molecule has 0 aliphatic heterocycles. The Morgan fingerprint density at radius 1 is 1.20 bits per heavy atom. The molecule has 2 rings (SSSR count). The maximum Gasteiger partial charge on any atom is 0.262 e. The van der Waals surface area contributed by atoms with Crippen LogP contribution < -0.4 is 20.2 Å². The Morgan fingerprint density at radius 3 is 2.50 bits per heavy atom. The molecular formula is C22H26IN3O4. The van der Waals surface area contributed by atoms with Crippen LogP contribution in [0.25, 0.3) is 0 Å². The summed E-state index contributed by atoms with van der Waals surface area (Å²) in [5, 5.41) is 6.81. The molecule has 8 heteroatoms. The zero-order valence-corrected chi connectivity index (χ0v) is 19.6. The van der Waals surface area contributed by atoms with Crippen molar-refractivity contribution in [2.75, 3.05) is 13.7 Å². The van der Waals surface area contributed by atoms with E-state index < -0.39 is 11.9 Å². The highest BCUT2D eigenvalue weighted by Crippen LogP contribution is 2.33. The van der Waals surface area contributed by atoms with E-state index in [1.807, 2.05) is 32.9 Å². The minimum Gasteiger partial charge on any atom is -0.493 e. The van der Waals surface area contributed by atoms with E-state index in [4.69, 9.17) is 9.47 Å². The van der Waals surface area contributed by atoms with E-state index in [9.17, 15) is 9.59 Å². The van der Waals surface area contributed by atoms with Crippen molar-refractivity contribution in [2.24, 2.45) is 11.0 Å². The second kappa shape index (κ2) is 11.5. The Bertz CT molecular complexity index is 901. The zero-order chi connectivity index (χ0) is 22.1. The minimum atomic E-state index is -0.718. The molecule has 2 aromatic rings. The molecule has 0 aliphatic carbocycles. The van der Waals surface area contributed by atoms with Gasteiger partial charge in [-0.15, -0.1) is 0 Å². The Labute approximate surface area is 190 Å². The van der Waals surface area contributed by atoms with Crippen LogP contribution in [0.3, 0.4) is 0 Å². The van der Waals surface area contributed by atoms with Crippen molar-refractivity contribution in [3.63, 3.8) is 0 Å². The van der Waals surface area contributed by atoms with Crippen LogP contribution in [0.4, 0.5) is 0 Å². The molecule has 0 bridgehead atoms. The number of halogens is 1. The normalized spacial score (nSPS) is 11.9. The van der Waals surface area contributed by atoms with E-state index in [-0.39, 0.29) is 11.8 Å². The van der Waals surface area contributed by atoms with Crippen LogP contribution >= 0.6 is 22.6 Å². The molecule has 0 aromatic heterocycles. The number of hydrazone groups is 1. The van der Waals surface area contributed by atoms with Crippen molar-refractivity contribution in [3.05, 3.63) is 57.2 Å². The third-order valence-corrected chi connectivity index (χ3v) is 5.00. The van der Waals surface area contributed by atoms with Gasteiger partial charge in [0.1, 0.15) is 6.04 Å². The summed E-state index contributed by atoms with van der Waals surface area (Å²) < 4.78 is 11.8. The molecule has 0 saturated heterocycles. The van der Waals surface area contributed by atoms with Gasteiger partial charge in [-0.2, -0.15) is 5.10 Å². The number of ether oxygens (including phenoxy) is 2. The second-order valence-electron chi connectivity index (χ2n) is 6.76. The summed E-state index contributed by atoms with van der Waals surface area (Å²) in [4.78, 5) is 25.0. The van der Waals surface area contributed by atoms with E-state index >= 15 is 0 Å². The first kappa shape index (κ1) is 23.7. The number of benzene rings is 2. The number of hydrogen-bond donors (Lipinski definition) is 2. The first-order chi connectivity index (χ1) is 14.4.